The molecule has 0 bridgehead atoms. The van der Waals surface area contributed by atoms with Crippen LogP contribution in [0.25, 0.3) is 11.4 Å². The average molecular weight is 396 g/mol. The highest BCUT2D eigenvalue weighted by Crippen LogP contribution is 2.35. The predicted molar refractivity (Wildman–Crippen MR) is 99.6 cm³/mol. The summed E-state index contributed by atoms with van der Waals surface area (Å²) in [6, 6.07) is 13.0. The number of hydrogen-bond acceptors (Lipinski definition) is 4. The van der Waals surface area contributed by atoms with Crippen molar-refractivity contribution in [3.63, 3.8) is 0 Å². The van der Waals surface area contributed by atoms with Crippen molar-refractivity contribution in [3.05, 3.63) is 63.1 Å². The van der Waals surface area contributed by atoms with E-state index in [9.17, 15) is 0 Å². The summed E-state index contributed by atoms with van der Waals surface area (Å²) in [6.45, 7) is 0. The number of nitrogens with zero attached hydrogens (tertiary/aromatic N) is 4. The molecule has 0 aliphatic carbocycles. The highest BCUT2D eigenvalue weighted by atomic mass is 35.5. The van der Waals surface area contributed by atoms with Crippen LogP contribution in [-0.4, -0.2) is 26.3 Å². The summed E-state index contributed by atoms with van der Waals surface area (Å²) in [5, 5.41) is 15.4. The Labute approximate surface area is 157 Å². The summed E-state index contributed by atoms with van der Waals surface area (Å²) >= 11 is 20.0. The zero-order chi connectivity index (χ0) is 16.7. The van der Waals surface area contributed by atoms with E-state index < -0.39 is 0 Å². The lowest BCUT2D eigenvalue weighted by atomic mass is 10.1. The van der Waals surface area contributed by atoms with E-state index in [0.717, 1.165) is 16.4 Å². The number of aromatic nitrogens is 3. The SMILES string of the molecule is Clc1ccc(C2=Nn3c(nnc3-c3cccc(Cl)c3Cl)SC2)cc1. The second kappa shape index (κ2) is 6.41. The first-order valence-electron chi connectivity index (χ1n) is 7.00. The van der Waals surface area contributed by atoms with Crippen LogP contribution in [0.2, 0.25) is 15.1 Å². The minimum atomic E-state index is 0.438. The first-order valence-corrected chi connectivity index (χ1v) is 9.12. The molecule has 4 nitrogen and oxygen atoms in total. The van der Waals surface area contributed by atoms with Gasteiger partial charge in [0.1, 0.15) is 0 Å². The van der Waals surface area contributed by atoms with Crippen LogP contribution in [0.3, 0.4) is 0 Å². The molecule has 2 heterocycles. The van der Waals surface area contributed by atoms with Crippen molar-refractivity contribution >= 4 is 52.3 Å². The molecule has 24 heavy (non-hydrogen) atoms. The largest absolute Gasteiger partial charge is 0.212 e. The van der Waals surface area contributed by atoms with E-state index in [1.54, 1.807) is 22.5 Å². The third-order valence-corrected chi connectivity index (χ3v) is 5.54. The maximum absolute atomic E-state index is 6.31. The van der Waals surface area contributed by atoms with Gasteiger partial charge in [0.25, 0.3) is 0 Å². The van der Waals surface area contributed by atoms with Gasteiger partial charge in [-0.1, -0.05) is 64.8 Å². The van der Waals surface area contributed by atoms with Gasteiger partial charge in [0, 0.05) is 16.3 Å². The molecule has 1 aliphatic rings. The van der Waals surface area contributed by atoms with Gasteiger partial charge in [0.15, 0.2) is 5.82 Å². The van der Waals surface area contributed by atoms with Gasteiger partial charge in [-0.25, -0.2) is 0 Å². The molecule has 0 unspecified atom stereocenters. The Morgan fingerprint density at radius 2 is 1.75 bits per heavy atom. The maximum Gasteiger partial charge on any atom is 0.212 e. The molecule has 3 aromatic rings. The molecular formula is C16H9Cl3N4S. The quantitative estimate of drug-likeness (QED) is 0.594. The van der Waals surface area contributed by atoms with Crippen LogP contribution >= 0.6 is 46.6 Å². The number of fused-ring (bicyclic) bond motifs is 1. The molecule has 0 saturated carbocycles. The lowest BCUT2D eigenvalue weighted by molar-refractivity contribution is 0.762. The molecule has 1 aliphatic heterocycles. The fourth-order valence-corrected chi connectivity index (χ4v) is 3.71. The fraction of sp³-hybridized carbons (Fsp3) is 0.0625. The molecule has 0 saturated heterocycles. The Balaban J connectivity index is 1.82. The van der Waals surface area contributed by atoms with E-state index in [4.69, 9.17) is 39.9 Å². The summed E-state index contributed by atoms with van der Waals surface area (Å²) in [6.07, 6.45) is 0. The maximum atomic E-state index is 6.31. The zero-order valence-electron chi connectivity index (χ0n) is 12.1. The van der Waals surface area contributed by atoms with E-state index in [1.807, 2.05) is 36.4 Å². The predicted octanol–water partition coefficient (Wildman–Crippen LogP) is 5.26. The van der Waals surface area contributed by atoms with Crippen molar-refractivity contribution in [2.24, 2.45) is 5.10 Å². The number of benzene rings is 2. The smallest absolute Gasteiger partial charge is 0.186 e. The van der Waals surface area contributed by atoms with Crippen LogP contribution < -0.4 is 0 Å². The van der Waals surface area contributed by atoms with E-state index in [2.05, 4.69) is 10.2 Å². The van der Waals surface area contributed by atoms with Crippen LogP contribution in [0.1, 0.15) is 5.56 Å². The van der Waals surface area contributed by atoms with Gasteiger partial charge in [-0.05, 0) is 29.8 Å². The van der Waals surface area contributed by atoms with Crippen LogP contribution in [0.5, 0.6) is 0 Å². The highest BCUT2D eigenvalue weighted by Gasteiger charge is 2.22. The second-order valence-corrected chi connectivity index (χ2v) is 7.23. The third kappa shape index (κ3) is 2.82. The molecule has 2 aromatic carbocycles. The molecular weight excluding hydrogens is 387 g/mol. The van der Waals surface area contributed by atoms with Crippen molar-refractivity contribution in [1.29, 1.82) is 0 Å². The lowest BCUT2D eigenvalue weighted by Gasteiger charge is -2.14. The molecule has 8 heteroatoms. The lowest BCUT2D eigenvalue weighted by Crippen LogP contribution is -2.13. The molecule has 4 rings (SSSR count). The number of thioether (sulfide) groups is 1. The third-order valence-electron chi connectivity index (χ3n) is 3.54. The fourth-order valence-electron chi connectivity index (χ4n) is 2.36. The minimum absolute atomic E-state index is 0.438. The van der Waals surface area contributed by atoms with Gasteiger partial charge in [-0.15, -0.1) is 10.2 Å². The number of rotatable bonds is 2. The number of halogens is 3. The molecule has 0 fully saturated rings. The van der Waals surface area contributed by atoms with E-state index >= 15 is 0 Å². The molecule has 0 N–H and O–H groups in total. The number of hydrogen-bond donors (Lipinski definition) is 0. The Kier molecular flexibility index (Phi) is 4.26. The standard InChI is InChI=1S/C16H9Cl3N4S/c17-10-6-4-9(5-7-10)13-8-24-16-21-20-15(23(16)22-13)11-2-1-3-12(18)14(11)19/h1-7H,8H2. The summed E-state index contributed by atoms with van der Waals surface area (Å²) in [5.41, 5.74) is 2.63. The van der Waals surface area contributed by atoms with Crippen LogP contribution in [0.4, 0.5) is 0 Å². The molecule has 0 radical (unpaired) electrons. The topological polar surface area (TPSA) is 43.1 Å². The van der Waals surface area contributed by atoms with E-state index in [0.29, 0.717) is 32.2 Å². The molecule has 0 spiro atoms. The first-order chi connectivity index (χ1) is 11.6. The Morgan fingerprint density at radius 3 is 2.54 bits per heavy atom. The second-order valence-electron chi connectivity index (χ2n) is 5.06. The highest BCUT2D eigenvalue weighted by molar-refractivity contribution is 7.99. The Bertz CT molecular complexity index is 950. The zero-order valence-corrected chi connectivity index (χ0v) is 15.2. The summed E-state index contributed by atoms with van der Waals surface area (Å²) in [4.78, 5) is 0. The average Bonchev–Trinajstić information content (AvgIpc) is 3.01. The summed E-state index contributed by atoms with van der Waals surface area (Å²) in [7, 11) is 0. The minimum Gasteiger partial charge on any atom is -0.186 e. The van der Waals surface area contributed by atoms with Crippen molar-refractivity contribution in [3.8, 4) is 11.4 Å². The van der Waals surface area contributed by atoms with Crippen LogP contribution in [-0.2, 0) is 0 Å². The first kappa shape index (κ1) is 16.0. The summed E-state index contributed by atoms with van der Waals surface area (Å²) in [5.74, 6) is 1.28. The van der Waals surface area contributed by atoms with Gasteiger partial charge in [0.05, 0.1) is 15.8 Å². The summed E-state index contributed by atoms with van der Waals surface area (Å²) < 4.78 is 1.70. The molecule has 0 amide bonds. The van der Waals surface area contributed by atoms with Crippen molar-refractivity contribution < 1.29 is 0 Å². The van der Waals surface area contributed by atoms with Gasteiger partial charge < -0.3 is 0 Å². The van der Waals surface area contributed by atoms with Crippen molar-refractivity contribution in [1.82, 2.24) is 14.9 Å². The van der Waals surface area contributed by atoms with Crippen LogP contribution in [0.15, 0.2) is 52.7 Å². The molecule has 1 aromatic heterocycles. The van der Waals surface area contributed by atoms with E-state index in [1.165, 1.54) is 0 Å². The molecule has 120 valence electrons. The molecule has 0 atom stereocenters. The monoisotopic (exact) mass is 394 g/mol. The van der Waals surface area contributed by atoms with Crippen molar-refractivity contribution in [2.45, 2.75) is 5.16 Å². The Hall–Kier alpha value is -1.53. The van der Waals surface area contributed by atoms with Crippen LogP contribution in [0, 0.1) is 0 Å². The van der Waals surface area contributed by atoms with Gasteiger partial charge >= 0.3 is 0 Å². The normalized spacial score (nSPS) is 13.5. The van der Waals surface area contributed by atoms with Crippen molar-refractivity contribution in [2.75, 3.05) is 5.75 Å². The van der Waals surface area contributed by atoms with E-state index in [-0.39, 0.29) is 0 Å². The van der Waals surface area contributed by atoms with Gasteiger partial charge in [-0.2, -0.15) is 9.78 Å². The van der Waals surface area contributed by atoms with Gasteiger partial charge in [0.2, 0.25) is 5.16 Å². The Morgan fingerprint density at radius 1 is 0.958 bits per heavy atom. The van der Waals surface area contributed by atoms with Gasteiger partial charge in [-0.3, -0.25) is 0 Å².